The van der Waals surface area contributed by atoms with Gasteiger partial charge in [0.25, 0.3) is 5.91 Å². The van der Waals surface area contributed by atoms with Gasteiger partial charge in [-0.05, 0) is 31.0 Å². The first kappa shape index (κ1) is 15.0. The SMILES string of the molecule is CC(=O)N(C)C1CCN(C(=O)c2cccc(C#N)c2)CC1. The number of rotatable bonds is 2. The number of carbonyl (C=O) groups excluding carboxylic acids is 2. The minimum Gasteiger partial charge on any atom is -0.343 e. The van der Waals surface area contributed by atoms with E-state index < -0.39 is 0 Å². The van der Waals surface area contributed by atoms with Crippen LogP contribution in [0.25, 0.3) is 0 Å². The Morgan fingerprint density at radius 1 is 1.33 bits per heavy atom. The molecule has 21 heavy (non-hydrogen) atoms. The lowest BCUT2D eigenvalue weighted by atomic mass is 10.0. The third-order valence-electron chi connectivity index (χ3n) is 4.03. The van der Waals surface area contributed by atoms with Crippen molar-refractivity contribution in [3.8, 4) is 6.07 Å². The van der Waals surface area contributed by atoms with Crippen LogP contribution in [0, 0.1) is 11.3 Å². The van der Waals surface area contributed by atoms with Gasteiger partial charge in [-0.25, -0.2) is 0 Å². The van der Waals surface area contributed by atoms with Gasteiger partial charge in [-0.3, -0.25) is 9.59 Å². The molecule has 0 spiro atoms. The maximum atomic E-state index is 12.4. The normalized spacial score (nSPS) is 15.4. The minimum atomic E-state index is -0.0453. The number of benzene rings is 1. The maximum absolute atomic E-state index is 12.4. The van der Waals surface area contributed by atoms with Gasteiger partial charge in [-0.2, -0.15) is 5.26 Å². The van der Waals surface area contributed by atoms with E-state index >= 15 is 0 Å². The van der Waals surface area contributed by atoms with E-state index in [4.69, 9.17) is 5.26 Å². The van der Waals surface area contributed by atoms with Crippen molar-refractivity contribution in [2.75, 3.05) is 20.1 Å². The molecule has 2 rings (SSSR count). The van der Waals surface area contributed by atoms with E-state index in [1.54, 1.807) is 48.0 Å². The molecule has 0 radical (unpaired) electrons. The molecule has 0 aliphatic carbocycles. The molecule has 1 aromatic rings. The molecule has 0 atom stereocenters. The van der Waals surface area contributed by atoms with Crippen LogP contribution in [0.2, 0.25) is 0 Å². The second-order valence-corrected chi connectivity index (χ2v) is 5.35. The Bertz CT molecular complexity index is 583. The van der Waals surface area contributed by atoms with E-state index in [1.807, 2.05) is 6.07 Å². The Kier molecular flexibility index (Phi) is 4.59. The van der Waals surface area contributed by atoms with Crippen LogP contribution in [0.1, 0.15) is 35.7 Å². The molecule has 0 N–H and O–H groups in total. The molecule has 1 saturated heterocycles. The number of piperidine rings is 1. The fourth-order valence-corrected chi connectivity index (χ4v) is 2.62. The Balaban J connectivity index is 2.00. The first-order valence-electron chi connectivity index (χ1n) is 7.05. The molecule has 0 bridgehead atoms. The summed E-state index contributed by atoms with van der Waals surface area (Å²) < 4.78 is 0. The quantitative estimate of drug-likeness (QED) is 0.829. The number of hydrogen-bond acceptors (Lipinski definition) is 3. The molecule has 110 valence electrons. The van der Waals surface area contributed by atoms with Crippen molar-refractivity contribution >= 4 is 11.8 Å². The van der Waals surface area contributed by atoms with Gasteiger partial charge in [-0.15, -0.1) is 0 Å². The van der Waals surface area contributed by atoms with Crippen molar-refractivity contribution < 1.29 is 9.59 Å². The number of nitrogens with zero attached hydrogens (tertiary/aromatic N) is 3. The monoisotopic (exact) mass is 285 g/mol. The largest absolute Gasteiger partial charge is 0.343 e. The van der Waals surface area contributed by atoms with Gasteiger partial charge in [-0.1, -0.05) is 6.07 Å². The summed E-state index contributed by atoms with van der Waals surface area (Å²) in [6.07, 6.45) is 1.58. The highest BCUT2D eigenvalue weighted by molar-refractivity contribution is 5.94. The molecule has 0 saturated carbocycles. The van der Waals surface area contributed by atoms with Crippen molar-refractivity contribution in [2.24, 2.45) is 0 Å². The predicted octanol–water partition coefficient (Wildman–Crippen LogP) is 1.64. The molecular weight excluding hydrogens is 266 g/mol. The van der Waals surface area contributed by atoms with Crippen LogP contribution in [-0.4, -0.2) is 47.8 Å². The fraction of sp³-hybridized carbons (Fsp3) is 0.438. The number of hydrogen-bond donors (Lipinski definition) is 0. The van der Waals surface area contributed by atoms with Crippen LogP contribution in [0.15, 0.2) is 24.3 Å². The summed E-state index contributed by atoms with van der Waals surface area (Å²) in [4.78, 5) is 27.3. The molecule has 1 aliphatic rings. The van der Waals surface area contributed by atoms with Gasteiger partial charge >= 0.3 is 0 Å². The van der Waals surface area contributed by atoms with Gasteiger partial charge in [0.15, 0.2) is 0 Å². The van der Waals surface area contributed by atoms with Crippen molar-refractivity contribution in [3.05, 3.63) is 35.4 Å². The molecule has 5 heteroatoms. The highest BCUT2D eigenvalue weighted by Gasteiger charge is 2.26. The number of likely N-dealkylation sites (tertiary alicyclic amines) is 1. The Hall–Kier alpha value is -2.35. The lowest BCUT2D eigenvalue weighted by Crippen LogP contribution is -2.46. The zero-order valence-electron chi connectivity index (χ0n) is 12.4. The summed E-state index contributed by atoms with van der Waals surface area (Å²) in [5.41, 5.74) is 1.04. The topological polar surface area (TPSA) is 64.4 Å². The van der Waals surface area contributed by atoms with Crippen molar-refractivity contribution in [2.45, 2.75) is 25.8 Å². The third kappa shape index (κ3) is 3.40. The third-order valence-corrected chi connectivity index (χ3v) is 4.03. The zero-order valence-corrected chi connectivity index (χ0v) is 12.4. The van der Waals surface area contributed by atoms with Crippen molar-refractivity contribution in [3.63, 3.8) is 0 Å². The molecular formula is C16H19N3O2. The summed E-state index contributed by atoms with van der Waals surface area (Å²) >= 11 is 0. The van der Waals surface area contributed by atoms with Crippen LogP contribution in [-0.2, 0) is 4.79 Å². The molecule has 1 aliphatic heterocycles. The maximum Gasteiger partial charge on any atom is 0.253 e. The lowest BCUT2D eigenvalue weighted by Gasteiger charge is -2.36. The van der Waals surface area contributed by atoms with Gasteiger partial charge in [0, 0.05) is 38.7 Å². The number of nitriles is 1. The molecule has 1 aromatic carbocycles. The highest BCUT2D eigenvalue weighted by atomic mass is 16.2. The molecule has 1 fully saturated rings. The van der Waals surface area contributed by atoms with E-state index in [0.717, 1.165) is 12.8 Å². The standard InChI is InChI=1S/C16H19N3O2/c1-12(20)18(2)15-6-8-19(9-7-15)16(21)14-5-3-4-13(10-14)11-17/h3-5,10,15H,6-9H2,1-2H3. The van der Waals surface area contributed by atoms with Crippen LogP contribution in [0.3, 0.4) is 0 Å². The first-order chi connectivity index (χ1) is 10.0. The average Bonchev–Trinajstić information content (AvgIpc) is 2.53. The number of carbonyl (C=O) groups is 2. The average molecular weight is 285 g/mol. The predicted molar refractivity (Wildman–Crippen MR) is 78.5 cm³/mol. The fourth-order valence-electron chi connectivity index (χ4n) is 2.62. The van der Waals surface area contributed by atoms with Crippen LogP contribution in [0.5, 0.6) is 0 Å². The van der Waals surface area contributed by atoms with Crippen molar-refractivity contribution in [1.82, 2.24) is 9.80 Å². The molecule has 2 amide bonds. The van der Waals surface area contributed by atoms with E-state index in [9.17, 15) is 9.59 Å². The van der Waals surface area contributed by atoms with Crippen LogP contribution >= 0.6 is 0 Å². The Labute approximate surface area is 124 Å². The molecule has 5 nitrogen and oxygen atoms in total. The van der Waals surface area contributed by atoms with Gasteiger partial charge in [0.2, 0.25) is 5.91 Å². The second kappa shape index (κ2) is 6.40. The Morgan fingerprint density at radius 2 is 2.00 bits per heavy atom. The summed E-state index contributed by atoms with van der Waals surface area (Å²) in [6.45, 7) is 2.83. The van der Waals surface area contributed by atoms with E-state index in [-0.39, 0.29) is 17.9 Å². The van der Waals surface area contributed by atoms with E-state index in [0.29, 0.717) is 24.2 Å². The van der Waals surface area contributed by atoms with E-state index in [2.05, 4.69) is 0 Å². The van der Waals surface area contributed by atoms with Gasteiger partial charge in [0.1, 0.15) is 0 Å². The molecule has 0 aromatic heterocycles. The minimum absolute atomic E-state index is 0.0453. The van der Waals surface area contributed by atoms with E-state index in [1.165, 1.54) is 0 Å². The van der Waals surface area contributed by atoms with Crippen molar-refractivity contribution in [1.29, 1.82) is 5.26 Å². The Morgan fingerprint density at radius 3 is 2.57 bits per heavy atom. The second-order valence-electron chi connectivity index (χ2n) is 5.35. The van der Waals surface area contributed by atoms with Gasteiger partial charge in [0.05, 0.1) is 11.6 Å². The molecule has 0 unspecified atom stereocenters. The van der Waals surface area contributed by atoms with Crippen LogP contribution in [0.4, 0.5) is 0 Å². The summed E-state index contributed by atoms with van der Waals surface area (Å²) in [5.74, 6) is 0.0116. The first-order valence-corrected chi connectivity index (χ1v) is 7.05. The summed E-state index contributed by atoms with van der Waals surface area (Å²) in [7, 11) is 1.81. The highest BCUT2D eigenvalue weighted by Crippen LogP contribution is 2.18. The summed E-state index contributed by atoms with van der Waals surface area (Å²) in [6, 6.07) is 9.01. The smallest absolute Gasteiger partial charge is 0.253 e. The molecule has 1 heterocycles. The number of amides is 2. The lowest BCUT2D eigenvalue weighted by molar-refractivity contribution is -0.130. The zero-order chi connectivity index (χ0) is 15.4. The van der Waals surface area contributed by atoms with Gasteiger partial charge < -0.3 is 9.80 Å². The van der Waals surface area contributed by atoms with Crippen LogP contribution < -0.4 is 0 Å². The summed E-state index contributed by atoms with van der Waals surface area (Å²) in [5, 5.41) is 8.89.